The van der Waals surface area contributed by atoms with Gasteiger partial charge in [-0.2, -0.15) is 0 Å². The van der Waals surface area contributed by atoms with E-state index in [1.165, 1.54) is 11.8 Å². The number of pyridine rings is 1. The third-order valence-corrected chi connectivity index (χ3v) is 2.75. The summed E-state index contributed by atoms with van der Waals surface area (Å²) in [4.78, 5) is 11.8. The van der Waals surface area contributed by atoms with E-state index in [4.69, 9.17) is 0 Å². The number of rotatable bonds is 1. The van der Waals surface area contributed by atoms with Crippen LogP contribution in [0.1, 0.15) is 0 Å². The molecule has 0 amide bonds. The molecule has 0 unspecified atom stereocenters. The molecule has 0 saturated carbocycles. The van der Waals surface area contributed by atoms with Crippen molar-refractivity contribution in [2.75, 3.05) is 6.26 Å². The van der Waals surface area contributed by atoms with Gasteiger partial charge in [-0.1, -0.05) is 11.8 Å². The number of hydrogen-bond donors (Lipinski definition) is 0. The SMILES string of the molecule is CSc1n[n+]2ccccc2c(=O)n1C.F[B-](F)(F)F. The van der Waals surface area contributed by atoms with Crippen LogP contribution in [0.15, 0.2) is 34.3 Å². The minimum atomic E-state index is -6.00. The molecule has 2 aromatic rings. The predicted molar refractivity (Wildman–Crippen MR) is 64.6 cm³/mol. The minimum absolute atomic E-state index is 0.0232. The van der Waals surface area contributed by atoms with Crippen molar-refractivity contribution in [3.63, 3.8) is 0 Å². The molecule has 4 nitrogen and oxygen atoms in total. The monoisotopic (exact) mass is 295 g/mol. The van der Waals surface area contributed by atoms with Gasteiger partial charge < -0.3 is 17.3 Å². The number of thioether (sulfide) groups is 1. The Morgan fingerprint density at radius 3 is 2.42 bits per heavy atom. The smallest absolute Gasteiger partial charge is 0.418 e. The van der Waals surface area contributed by atoms with E-state index < -0.39 is 7.25 Å². The quantitative estimate of drug-likeness (QED) is 0.347. The van der Waals surface area contributed by atoms with Gasteiger partial charge in [0.05, 0.1) is 0 Å². The standard InChI is InChI=1S/C9H10N3OS.BF4/c1-11-8(13)7-5-3-4-6-12(7)10-9(11)14-2;2-1(3,4)5/h3-6H,1-2H3;/q+1;-1. The van der Waals surface area contributed by atoms with Crippen molar-refractivity contribution in [2.45, 2.75) is 5.16 Å². The second kappa shape index (κ2) is 6.05. The predicted octanol–water partition coefficient (Wildman–Crippen LogP) is 1.54. The molecule has 10 heteroatoms. The maximum Gasteiger partial charge on any atom is 0.673 e. The molecule has 104 valence electrons. The minimum Gasteiger partial charge on any atom is -0.418 e. The molecule has 0 aliphatic heterocycles. The summed E-state index contributed by atoms with van der Waals surface area (Å²) in [5.74, 6) is 0. The lowest BCUT2D eigenvalue weighted by molar-refractivity contribution is -0.587. The highest BCUT2D eigenvalue weighted by atomic mass is 32.2. The first-order valence-electron chi connectivity index (χ1n) is 5.03. The fourth-order valence-electron chi connectivity index (χ4n) is 1.29. The molecular weight excluding hydrogens is 285 g/mol. The van der Waals surface area contributed by atoms with Crippen molar-refractivity contribution < 1.29 is 21.8 Å². The molecule has 0 spiro atoms. The van der Waals surface area contributed by atoms with Crippen LogP contribution in [0, 0.1) is 0 Å². The Morgan fingerprint density at radius 1 is 1.32 bits per heavy atom. The molecule has 0 N–H and O–H groups in total. The molecular formula is C9H10BF4N3OS. The van der Waals surface area contributed by atoms with Crippen molar-refractivity contribution in [3.05, 3.63) is 34.7 Å². The number of nitrogens with zero attached hydrogens (tertiary/aromatic N) is 3. The van der Waals surface area contributed by atoms with Crippen LogP contribution >= 0.6 is 11.8 Å². The zero-order valence-corrected chi connectivity index (χ0v) is 10.9. The van der Waals surface area contributed by atoms with E-state index in [1.54, 1.807) is 28.4 Å². The summed E-state index contributed by atoms with van der Waals surface area (Å²) in [5, 5.41) is 5.00. The number of hydrogen-bond acceptors (Lipinski definition) is 3. The molecule has 0 bridgehead atoms. The van der Waals surface area contributed by atoms with Crippen LogP contribution in [-0.4, -0.2) is 23.2 Å². The Hall–Kier alpha value is -1.58. The summed E-state index contributed by atoms with van der Waals surface area (Å²) in [7, 11) is -4.27. The van der Waals surface area contributed by atoms with E-state index in [9.17, 15) is 22.1 Å². The Kier molecular flexibility index (Phi) is 4.93. The molecule has 19 heavy (non-hydrogen) atoms. The number of halogens is 4. The Morgan fingerprint density at radius 2 is 1.89 bits per heavy atom. The molecule has 0 aliphatic carbocycles. The fraction of sp³-hybridized carbons (Fsp3) is 0.222. The normalized spacial score (nSPS) is 11.1. The highest BCUT2D eigenvalue weighted by molar-refractivity contribution is 7.98. The van der Waals surface area contributed by atoms with Crippen molar-refractivity contribution in [3.8, 4) is 0 Å². The maximum atomic E-state index is 11.8. The average molecular weight is 295 g/mol. The first-order valence-corrected chi connectivity index (χ1v) is 6.25. The summed E-state index contributed by atoms with van der Waals surface area (Å²) in [6.07, 6.45) is 3.67. The fourth-order valence-corrected chi connectivity index (χ4v) is 1.81. The van der Waals surface area contributed by atoms with Gasteiger partial charge in [0.15, 0.2) is 0 Å². The van der Waals surface area contributed by atoms with Crippen LogP contribution in [-0.2, 0) is 7.05 Å². The lowest BCUT2D eigenvalue weighted by Crippen LogP contribution is -2.37. The molecule has 0 aromatic carbocycles. The van der Waals surface area contributed by atoms with E-state index in [2.05, 4.69) is 5.10 Å². The molecule has 2 heterocycles. The van der Waals surface area contributed by atoms with E-state index in [1.807, 2.05) is 18.4 Å². The molecule has 2 rings (SSSR count). The van der Waals surface area contributed by atoms with Crippen LogP contribution in [0.3, 0.4) is 0 Å². The van der Waals surface area contributed by atoms with Crippen molar-refractivity contribution in [1.82, 2.24) is 9.67 Å². The second-order valence-electron chi connectivity index (χ2n) is 3.38. The Labute approximate surface area is 110 Å². The molecule has 2 aromatic heterocycles. The average Bonchev–Trinajstić information content (AvgIpc) is 2.32. The highest BCUT2D eigenvalue weighted by Gasteiger charge is 2.20. The Bertz CT molecular complexity index is 625. The molecule has 0 fully saturated rings. The van der Waals surface area contributed by atoms with Crippen LogP contribution in [0.5, 0.6) is 0 Å². The largest absolute Gasteiger partial charge is 0.673 e. The molecule has 0 saturated heterocycles. The van der Waals surface area contributed by atoms with Gasteiger partial charge in [-0.3, -0.25) is 9.36 Å². The first-order chi connectivity index (χ1) is 8.74. The van der Waals surface area contributed by atoms with Crippen molar-refractivity contribution in [1.29, 1.82) is 0 Å². The summed E-state index contributed by atoms with van der Waals surface area (Å²) in [6, 6.07) is 5.44. The van der Waals surface area contributed by atoms with Crippen LogP contribution in [0.2, 0.25) is 0 Å². The second-order valence-corrected chi connectivity index (χ2v) is 4.15. The summed E-state index contributed by atoms with van der Waals surface area (Å²) >= 11 is 1.46. The van der Waals surface area contributed by atoms with Crippen molar-refractivity contribution >= 4 is 24.5 Å². The summed E-state index contributed by atoms with van der Waals surface area (Å²) in [5.41, 5.74) is 0.567. The van der Waals surface area contributed by atoms with Gasteiger partial charge in [0, 0.05) is 24.3 Å². The summed E-state index contributed by atoms with van der Waals surface area (Å²) < 4.78 is 42.2. The highest BCUT2D eigenvalue weighted by Crippen LogP contribution is 2.06. The lowest BCUT2D eigenvalue weighted by atomic mass is 10.3. The maximum absolute atomic E-state index is 11.8. The van der Waals surface area contributed by atoms with Gasteiger partial charge in [0.2, 0.25) is 11.4 Å². The number of aromatic nitrogens is 3. The number of fused-ring (bicyclic) bond motifs is 1. The molecule has 0 aliphatic rings. The zero-order valence-electron chi connectivity index (χ0n) is 10.1. The summed E-state index contributed by atoms with van der Waals surface area (Å²) in [6.45, 7) is 0. The lowest BCUT2D eigenvalue weighted by Gasteiger charge is -1.99. The van der Waals surface area contributed by atoms with E-state index >= 15 is 0 Å². The van der Waals surface area contributed by atoms with Crippen LogP contribution in [0.25, 0.3) is 5.52 Å². The Balaban J connectivity index is 0.000000312. The van der Waals surface area contributed by atoms with E-state index in [-0.39, 0.29) is 5.56 Å². The van der Waals surface area contributed by atoms with Crippen LogP contribution < -0.4 is 10.1 Å². The van der Waals surface area contributed by atoms with Gasteiger partial charge in [-0.15, -0.1) is 0 Å². The van der Waals surface area contributed by atoms with E-state index in [0.29, 0.717) is 10.7 Å². The van der Waals surface area contributed by atoms with Gasteiger partial charge in [0.25, 0.3) is 0 Å². The zero-order chi connectivity index (χ0) is 14.6. The third kappa shape index (κ3) is 4.54. The first kappa shape index (κ1) is 15.5. The van der Waals surface area contributed by atoms with Gasteiger partial charge in [-0.25, -0.2) is 0 Å². The molecule has 0 radical (unpaired) electrons. The topological polar surface area (TPSA) is 39.0 Å². The van der Waals surface area contributed by atoms with Gasteiger partial charge >= 0.3 is 18.3 Å². The molecule has 0 atom stereocenters. The van der Waals surface area contributed by atoms with Crippen molar-refractivity contribution in [2.24, 2.45) is 7.05 Å². The third-order valence-electron chi connectivity index (χ3n) is 2.03. The van der Waals surface area contributed by atoms with Gasteiger partial charge in [0.1, 0.15) is 0 Å². The van der Waals surface area contributed by atoms with Crippen LogP contribution in [0.4, 0.5) is 17.3 Å². The van der Waals surface area contributed by atoms with Gasteiger partial charge in [-0.05, 0) is 16.8 Å². The van der Waals surface area contributed by atoms with E-state index in [0.717, 1.165) is 0 Å².